The summed E-state index contributed by atoms with van der Waals surface area (Å²) in [4.78, 5) is 17.8. The molecule has 3 aromatic rings. The number of aromatic nitrogens is 3. The van der Waals surface area contributed by atoms with Gasteiger partial charge < -0.3 is 10.6 Å². The highest BCUT2D eigenvalue weighted by molar-refractivity contribution is 5.95. The highest BCUT2D eigenvalue weighted by Crippen LogP contribution is 2.33. The predicted octanol–water partition coefficient (Wildman–Crippen LogP) is 2.06. The van der Waals surface area contributed by atoms with Crippen molar-refractivity contribution in [3.8, 4) is 0 Å². The van der Waals surface area contributed by atoms with Gasteiger partial charge in [0.2, 0.25) is 0 Å². The zero-order chi connectivity index (χ0) is 16.8. The standard InChI is InChI=1S/C16H13F2N5O/c17-10-4-11(18)14-12(5-10)21-22-15(14)9-6-23(7-9)16(24)8-1-2-20-13(19)3-8/h1-5,9H,6-7H2,(H2,19,20)(H,21,22). The number of carbonyl (C=O) groups is 1. The molecule has 0 radical (unpaired) electrons. The third-order valence-corrected chi connectivity index (χ3v) is 4.21. The number of H-pyrrole nitrogens is 1. The monoisotopic (exact) mass is 329 g/mol. The number of halogens is 2. The number of likely N-dealkylation sites (tertiary alicyclic amines) is 1. The number of amides is 1. The van der Waals surface area contributed by atoms with E-state index in [-0.39, 0.29) is 28.5 Å². The smallest absolute Gasteiger partial charge is 0.254 e. The van der Waals surface area contributed by atoms with Gasteiger partial charge in [-0.15, -0.1) is 0 Å². The molecular weight excluding hydrogens is 316 g/mol. The van der Waals surface area contributed by atoms with E-state index in [4.69, 9.17) is 5.73 Å². The average Bonchev–Trinajstić information content (AvgIpc) is 2.89. The van der Waals surface area contributed by atoms with Crippen molar-refractivity contribution < 1.29 is 13.6 Å². The normalized spacial score (nSPS) is 14.8. The molecule has 0 saturated carbocycles. The molecule has 1 aromatic carbocycles. The summed E-state index contributed by atoms with van der Waals surface area (Å²) in [6.07, 6.45) is 1.48. The third-order valence-electron chi connectivity index (χ3n) is 4.21. The Hall–Kier alpha value is -3.03. The van der Waals surface area contributed by atoms with Crippen LogP contribution in [-0.2, 0) is 0 Å². The minimum absolute atomic E-state index is 0.0712. The van der Waals surface area contributed by atoms with Gasteiger partial charge in [0.05, 0.1) is 16.6 Å². The SMILES string of the molecule is Nc1cc(C(=O)N2CC(c3[nH]nc4cc(F)cc(F)c34)C2)ccn1. The number of nitrogens with zero attached hydrogens (tertiary/aromatic N) is 3. The quantitative estimate of drug-likeness (QED) is 0.753. The summed E-state index contributed by atoms with van der Waals surface area (Å²) in [7, 11) is 0. The Morgan fingerprint density at radius 2 is 2.08 bits per heavy atom. The van der Waals surface area contributed by atoms with Gasteiger partial charge >= 0.3 is 0 Å². The lowest BCUT2D eigenvalue weighted by atomic mass is 9.93. The first-order valence-electron chi connectivity index (χ1n) is 7.37. The summed E-state index contributed by atoms with van der Waals surface area (Å²) in [5.74, 6) is -1.27. The molecule has 1 aliphatic heterocycles. The largest absolute Gasteiger partial charge is 0.384 e. The van der Waals surface area contributed by atoms with E-state index < -0.39 is 11.6 Å². The molecule has 0 atom stereocenters. The molecule has 8 heteroatoms. The van der Waals surface area contributed by atoms with Crippen molar-refractivity contribution in [2.75, 3.05) is 18.8 Å². The van der Waals surface area contributed by atoms with Crippen LogP contribution < -0.4 is 5.73 Å². The number of fused-ring (bicyclic) bond motifs is 1. The number of pyridine rings is 1. The van der Waals surface area contributed by atoms with E-state index in [1.54, 1.807) is 11.0 Å². The van der Waals surface area contributed by atoms with Crippen molar-refractivity contribution >= 4 is 22.6 Å². The van der Waals surface area contributed by atoms with E-state index in [0.717, 1.165) is 6.07 Å². The maximum absolute atomic E-state index is 14.0. The fraction of sp³-hybridized carbons (Fsp3) is 0.188. The molecule has 24 heavy (non-hydrogen) atoms. The van der Waals surface area contributed by atoms with Gasteiger partial charge in [-0.2, -0.15) is 5.10 Å². The van der Waals surface area contributed by atoms with Gasteiger partial charge in [0, 0.05) is 42.9 Å². The summed E-state index contributed by atoms with van der Waals surface area (Å²) < 4.78 is 27.3. The molecule has 122 valence electrons. The number of carbonyl (C=O) groups excluding carboxylic acids is 1. The van der Waals surface area contributed by atoms with Gasteiger partial charge in [-0.25, -0.2) is 13.8 Å². The molecule has 1 fully saturated rings. The number of anilines is 1. The Morgan fingerprint density at radius 1 is 1.29 bits per heavy atom. The van der Waals surface area contributed by atoms with Crippen molar-refractivity contribution in [3.05, 3.63) is 53.4 Å². The lowest BCUT2D eigenvalue weighted by molar-refractivity contribution is 0.0599. The maximum atomic E-state index is 14.0. The van der Waals surface area contributed by atoms with Crippen LogP contribution in [0.2, 0.25) is 0 Å². The van der Waals surface area contributed by atoms with E-state index in [2.05, 4.69) is 15.2 Å². The first-order chi connectivity index (χ1) is 11.5. The van der Waals surface area contributed by atoms with Gasteiger partial charge in [-0.05, 0) is 12.1 Å². The number of hydrogen-bond acceptors (Lipinski definition) is 4. The fourth-order valence-corrected chi connectivity index (χ4v) is 2.98. The number of nitrogen functional groups attached to an aromatic ring is 1. The number of nitrogens with one attached hydrogen (secondary N) is 1. The van der Waals surface area contributed by atoms with Gasteiger partial charge in [0.15, 0.2) is 0 Å². The molecule has 0 spiro atoms. The van der Waals surface area contributed by atoms with E-state index in [1.165, 1.54) is 18.3 Å². The molecular formula is C16H13F2N5O. The lowest BCUT2D eigenvalue weighted by Crippen LogP contribution is -2.48. The molecule has 0 bridgehead atoms. The number of nitrogens with two attached hydrogens (primary N) is 1. The van der Waals surface area contributed by atoms with Crippen molar-refractivity contribution in [2.24, 2.45) is 0 Å². The molecule has 1 saturated heterocycles. The predicted molar refractivity (Wildman–Crippen MR) is 83.3 cm³/mol. The van der Waals surface area contributed by atoms with Crippen molar-refractivity contribution in [1.29, 1.82) is 0 Å². The topological polar surface area (TPSA) is 87.9 Å². The van der Waals surface area contributed by atoms with Gasteiger partial charge in [0.25, 0.3) is 5.91 Å². The molecule has 2 aromatic heterocycles. The van der Waals surface area contributed by atoms with Crippen molar-refractivity contribution in [2.45, 2.75) is 5.92 Å². The van der Waals surface area contributed by atoms with E-state index in [9.17, 15) is 13.6 Å². The summed E-state index contributed by atoms with van der Waals surface area (Å²) in [6.45, 7) is 0.852. The summed E-state index contributed by atoms with van der Waals surface area (Å²) in [5.41, 5.74) is 6.87. The Balaban J connectivity index is 1.55. The highest BCUT2D eigenvalue weighted by Gasteiger charge is 2.35. The van der Waals surface area contributed by atoms with Gasteiger partial charge in [-0.1, -0.05) is 0 Å². The van der Waals surface area contributed by atoms with E-state index >= 15 is 0 Å². The number of rotatable bonds is 2. The summed E-state index contributed by atoms with van der Waals surface area (Å²) in [5, 5.41) is 7.00. The number of benzene rings is 1. The molecule has 3 heterocycles. The second-order valence-corrected chi connectivity index (χ2v) is 5.80. The lowest BCUT2D eigenvalue weighted by Gasteiger charge is -2.38. The molecule has 0 aliphatic carbocycles. The van der Waals surface area contributed by atoms with Crippen LogP contribution in [0.5, 0.6) is 0 Å². The Morgan fingerprint density at radius 3 is 2.83 bits per heavy atom. The fourth-order valence-electron chi connectivity index (χ4n) is 2.98. The van der Waals surface area contributed by atoms with Crippen LogP contribution in [0.4, 0.5) is 14.6 Å². The number of aromatic amines is 1. The van der Waals surface area contributed by atoms with Crippen molar-refractivity contribution in [1.82, 2.24) is 20.1 Å². The first kappa shape index (κ1) is 14.6. The molecule has 0 unspecified atom stereocenters. The van der Waals surface area contributed by atoms with Crippen LogP contribution in [-0.4, -0.2) is 39.1 Å². The van der Waals surface area contributed by atoms with Crippen LogP contribution in [0, 0.1) is 11.6 Å². The molecule has 6 nitrogen and oxygen atoms in total. The minimum Gasteiger partial charge on any atom is -0.384 e. The van der Waals surface area contributed by atoms with E-state index in [0.29, 0.717) is 24.3 Å². The third kappa shape index (κ3) is 2.27. The minimum atomic E-state index is -0.668. The molecule has 3 N–H and O–H groups in total. The molecule has 1 amide bonds. The number of hydrogen-bond donors (Lipinski definition) is 2. The summed E-state index contributed by atoms with van der Waals surface area (Å²) >= 11 is 0. The summed E-state index contributed by atoms with van der Waals surface area (Å²) in [6, 6.07) is 5.13. The zero-order valence-electron chi connectivity index (χ0n) is 12.5. The van der Waals surface area contributed by atoms with Crippen LogP contribution >= 0.6 is 0 Å². The van der Waals surface area contributed by atoms with Crippen LogP contribution in [0.15, 0.2) is 30.5 Å². The zero-order valence-corrected chi connectivity index (χ0v) is 12.5. The highest BCUT2D eigenvalue weighted by atomic mass is 19.1. The Labute approximate surface area is 135 Å². The van der Waals surface area contributed by atoms with Crippen LogP contribution in [0.25, 0.3) is 10.9 Å². The second-order valence-electron chi connectivity index (χ2n) is 5.80. The van der Waals surface area contributed by atoms with E-state index in [1.807, 2.05) is 0 Å². The Kier molecular flexibility index (Phi) is 3.19. The van der Waals surface area contributed by atoms with Crippen LogP contribution in [0.1, 0.15) is 22.0 Å². The van der Waals surface area contributed by atoms with Gasteiger partial charge in [-0.3, -0.25) is 9.89 Å². The molecule has 4 rings (SSSR count). The maximum Gasteiger partial charge on any atom is 0.254 e. The first-order valence-corrected chi connectivity index (χ1v) is 7.37. The van der Waals surface area contributed by atoms with Crippen molar-refractivity contribution in [3.63, 3.8) is 0 Å². The van der Waals surface area contributed by atoms with Gasteiger partial charge in [0.1, 0.15) is 17.5 Å². The average molecular weight is 329 g/mol. The molecule has 1 aliphatic rings. The second kappa shape index (κ2) is 5.26. The Bertz CT molecular complexity index is 949. The van der Waals surface area contributed by atoms with Crippen LogP contribution in [0.3, 0.4) is 0 Å².